The lowest BCUT2D eigenvalue weighted by Gasteiger charge is -2.33. The van der Waals surface area contributed by atoms with Crippen LogP contribution in [0.5, 0.6) is 0 Å². The molecule has 132 valence electrons. The van der Waals surface area contributed by atoms with Gasteiger partial charge in [-0.2, -0.15) is 0 Å². The first-order valence-electron chi connectivity index (χ1n) is 8.23. The normalized spacial score (nSPS) is 16.7. The molecule has 0 atom stereocenters. The van der Waals surface area contributed by atoms with E-state index in [0.29, 0.717) is 25.5 Å². The SMILES string of the molecule is O=C1CNCc2cc(C=CC(=O)N3CC(=Cc4nccs4)C3)cnc2N1. The summed E-state index contributed by atoms with van der Waals surface area (Å²) in [5, 5.41) is 8.70. The van der Waals surface area contributed by atoms with Crippen LogP contribution in [0.2, 0.25) is 0 Å². The summed E-state index contributed by atoms with van der Waals surface area (Å²) in [6.07, 6.45) is 8.78. The maximum atomic E-state index is 12.2. The molecule has 0 bridgehead atoms. The summed E-state index contributed by atoms with van der Waals surface area (Å²) in [6.45, 7) is 2.11. The molecule has 2 amide bonds. The number of hydrogen-bond acceptors (Lipinski definition) is 6. The van der Waals surface area contributed by atoms with E-state index in [4.69, 9.17) is 0 Å². The number of nitrogens with zero attached hydrogens (tertiary/aromatic N) is 3. The van der Waals surface area contributed by atoms with Gasteiger partial charge in [0.25, 0.3) is 0 Å². The van der Waals surface area contributed by atoms with Crippen molar-refractivity contribution in [2.24, 2.45) is 0 Å². The van der Waals surface area contributed by atoms with Crippen LogP contribution in [0.3, 0.4) is 0 Å². The highest BCUT2D eigenvalue weighted by atomic mass is 32.1. The molecule has 8 heteroatoms. The van der Waals surface area contributed by atoms with Crippen LogP contribution >= 0.6 is 11.3 Å². The molecule has 2 aliphatic rings. The fourth-order valence-corrected chi connectivity index (χ4v) is 3.42. The summed E-state index contributed by atoms with van der Waals surface area (Å²) in [6, 6.07) is 1.93. The summed E-state index contributed by atoms with van der Waals surface area (Å²) >= 11 is 1.59. The second kappa shape index (κ2) is 7.19. The summed E-state index contributed by atoms with van der Waals surface area (Å²) in [4.78, 5) is 34.0. The van der Waals surface area contributed by atoms with Gasteiger partial charge in [-0.25, -0.2) is 9.97 Å². The third kappa shape index (κ3) is 3.71. The van der Waals surface area contributed by atoms with Crippen LogP contribution in [-0.2, 0) is 16.1 Å². The maximum Gasteiger partial charge on any atom is 0.247 e. The van der Waals surface area contributed by atoms with Crippen molar-refractivity contribution in [2.75, 3.05) is 25.0 Å². The van der Waals surface area contributed by atoms with Crippen molar-refractivity contribution < 1.29 is 9.59 Å². The molecule has 26 heavy (non-hydrogen) atoms. The molecule has 0 unspecified atom stereocenters. The number of fused-ring (bicyclic) bond motifs is 1. The molecule has 7 nitrogen and oxygen atoms in total. The van der Waals surface area contributed by atoms with Gasteiger partial charge in [0.2, 0.25) is 11.8 Å². The average Bonchev–Trinajstić information content (AvgIpc) is 3.03. The Hall–Kier alpha value is -2.84. The van der Waals surface area contributed by atoms with Crippen LogP contribution in [-0.4, -0.2) is 46.3 Å². The standard InChI is InChI=1S/C18H17N5O2S/c24-15-9-19-8-14-5-12(7-21-18(14)22-15)1-2-17(25)23-10-13(11-23)6-16-20-3-4-26-16/h1-7,19H,8-11H2,(H,21,22,24). The van der Waals surface area contributed by atoms with Crippen LogP contribution in [0.25, 0.3) is 12.2 Å². The Labute approximate surface area is 154 Å². The summed E-state index contributed by atoms with van der Waals surface area (Å²) in [7, 11) is 0. The van der Waals surface area contributed by atoms with E-state index in [0.717, 1.165) is 16.1 Å². The van der Waals surface area contributed by atoms with Gasteiger partial charge in [0.1, 0.15) is 10.8 Å². The van der Waals surface area contributed by atoms with E-state index in [2.05, 4.69) is 20.6 Å². The summed E-state index contributed by atoms with van der Waals surface area (Å²) < 4.78 is 0. The fourth-order valence-electron chi connectivity index (χ4n) is 2.80. The number of aromatic nitrogens is 2. The Kier molecular flexibility index (Phi) is 4.59. The van der Waals surface area contributed by atoms with Crippen molar-refractivity contribution in [3.05, 3.63) is 51.6 Å². The largest absolute Gasteiger partial charge is 0.331 e. The Bertz CT molecular complexity index is 896. The van der Waals surface area contributed by atoms with E-state index in [1.165, 1.54) is 5.57 Å². The first-order chi connectivity index (χ1) is 12.7. The van der Waals surface area contributed by atoms with Gasteiger partial charge in [-0.05, 0) is 29.4 Å². The monoisotopic (exact) mass is 367 g/mol. The van der Waals surface area contributed by atoms with Crippen molar-refractivity contribution in [2.45, 2.75) is 6.54 Å². The van der Waals surface area contributed by atoms with Crippen LogP contribution in [0.4, 0.5) is 5.82 Å². The van der Waals surface area contributed by atoms with E-state index in [9.17, 15) is 9.59 Å². The van der Waals surface area contributed by atoms with Gasteiger partial charge in [0, 0.05) is 49.0 Å². The lowest BCUT2D eigenvalue weighted by molar-refractivity contribution is -0.127. The number of likely N-dealkylation sites (tertiary alicyclic amines) is 1. The third-order valence-electron chi connectivity index (χ3n) is 4.14. The average molecular weight is 367 g/mol. The summed E-state index contributed by atoms with van der Waals surface area (Å²) in [5.74, 6) is 0.444. The van der Waals surface area contributed by atoms with E-state index < -0.39 is 0 Å². The number of anilines is 1. The van der Waals surface area contributed by atoms with E-state index in [1.807, 2.05) is 17.5 Å². The van der Waals surface area contributed by atoms with Crippen LogP contribution in [0, 0.1) is 0 Å². The molecule has 1 fully saturated rings. The highest BCUT2D eigenvalue weighted by Crippen LogP contribution is 2.20. The number of carbonyl (C=O) groups excluding carboxylic acids is 2. The van der Waals surface area contributed by atoms with Gasteiger partial charge in [-0.15, -0.1) is 11.3 Å². The van der Waals surface area contributed by atoms with E-state index in [1.54, 1.807) is 40.8 Å². The minimum atomic E-state index is -0.103. The zero-order chi connectivity index (χ0) is 17.9. The van der Waals surface area contributed by atoms with Crippen molar-refractivity contribution in [3.63, 3.8) is 0 Å². The van der Waals surface area contributed by atoms with E-state index in [-0.39, 0.29) is 18.4 Å². The zero-order valence-corrected chi connectivity index (χ0v) is 14.8. The Balaban J connectivity index is 1.37. The van der Waals surface area contributed by atoms with Crippen molar-refractivity contribution >= 4 is 41.1 Å². The molecule has 0 spiro atoms. The number of pyridine rings is 1. The Morgan fingerprint density at radius 2 is 2.15 bits per heavy atom. The first kappa shape index (κ1) is 16.6. The van der Waals surface area contributed by atoms with Crippen molar-refractivity contribution in [1.82, 2.24) is 20.2 Å². The molecule has 4 heterocycles. The van der Waals surface area contributed by atoms with Gasteiger partial charge in [-0.1, -0.05) is 0 Å². The van der Waals surface area contributed by atoms with Gasteiger partial charge in [-0.3, -0.25) is 9.59 Å². The smallest absolute Gasteiger partial charge is 0.247 e. The number of thiazole rings is 1. The van der Waals surface area contributed by atoms with Crippen molar-refractivity contribution in [3.8, 4) is 0 Å². The third-order valence-corrected chi connectivity index (χ3v) is 4.87. The molecular weight excluding hydrogens is 350 g/mol. The second-order valence-electron chi connectivity index (χ2n) is 6.13. The molecule has 2 aromatic heterocycles. The minimum absolute atomic E-state index is 0.0253. The highest BCUT2D eigenvalue weighted by molar-refractivity contribution is 7.10. The van der Waals surface area contributed by atoms with Crippen LogP contribution in [0.1, 0.15) is 16.1 Å². The predicted molar refractivity (Wildman–Crippen MR) is 100 cm³/mol. The van der Waals surface area contributed by atoms with Crippen molar-refractivity contribution in [1.29, 1.82) is 0 Å². The van der Waals surface area contributed by atoms with Gasteiger partial charge in [0.15, 0.2) is 0 Å². The summed E-state index contributed by atoms with van der Waals surface area (Å²) in [5.41, 5.74) is 2.94. The molecule has 0 saturated carbocycles. The topological polar surface area (TPSA) is 87.2 Å². The number of nitrogens with one attached hydrogen (secondary N) is 2. The molecule has 4 rings (SSSR count). The predicted octanol–water partition coefficient (Wildman–Crippen LogP) is 1.52. The van der Waals surface area contributed by atoms with E-state index >= 15 is 0 Å². The molecule has 1 saturated heterocycles. The van der Waals surface area contributed by atoms with Gasteiger partial charge in [0.05, 0.1) is 6.54 Å². The minimum Gasteiger partial charge on any atom is -0.331 e. The molecule has 2 aromatic rings. The number of hydrogen-bond donors (Lipinski definition) is 2. The Morgan fingerprint density at radius 3 is 2.96 bits per heavy atom. The van der Waals surface area contributed by atoms with Gasteiger partial charge < -0.3 is 15.5 Å². The second-order valence-corrected chi connectivity index (χ2v) is 7.05. The van der Waals surface area contributed by atoms with Crippen LogP contribution < -0.4 is 10.6 Å². The fraction of sp³-hybridized carbons (Fsp3) is 0.222. The lowest BCUT2D eigenvalue weighted by Crippen LogP contribution is -2.43. The molecule has 2 N–H and O–H groups in total. The zero-order valence-electron chi connectivity index (χ0n) is 13.9. The maximum absolute atomic E-state index is 12.2. The highest BCUT2D eigenvalue weighted by Gasteiger charge is 2.23. The lowest BCUT2D eigenvalue weighted by atomic mass is 10.1. The molecule has 2 aliphatic heterocycles. The van der Waals surface area contributed by atoms with Gasteiger partial charge >= 0.3 is 0 Å². The van der Waals surface area contributed by atoms with Crippen LogP contribution in [0.15, 0.2) is 35.5 Å². The molecular formula is C18H17N5O2S. The first-order valence-corrected chi connectivity index (χ1v) is 9.11. The number of amides is 2. The molecule has 0 aromatic carbocycles. The number of rotatable bonds is 3. The quantitative estimate of drug-likeness (QED) is 0.803. The molecule has 0 radical (unpaired) electrons. The Morgan fingerprint density at radius 1 is 1.27 bits per heavy atom. The number of carbonyl (C=O) groups is 2. The molecule has 0 aliphatic carbocycles.